The van der Waals surface area contributed by atoms with Crippen LogP contribution in [-0.4, -0.2) is 10.8 Å². The first-order chi connectivity index (χ1) is 8.50. The normalized spacial score (nSPS) is 10.4. The smallest absolute Gasteiger partial charge is 0.200 e. The number of hydrogen-bond acceptors (Lipinski definition) is 2. The minimum Gasteiger partial charge on any atom is -0.288 e. The maximum absolute atomic E-state index is 13.8. The molecule has 0 saturated carbocycles. The molecule has 1 aromatic carbocycles. The van der Waals surface area contributed by atoms with Crippen LogP contribution in [0.4, 0.5) is 8.78 Å². The zero-order chi connectivity index (χ0) is 13.3. The Kier molecular flexibility index (Phi) is 3.52. The van der Waals surface area contributed by atoms with Crippen LogP contribution in [0.3, 0.4) is 0 Å². The largest absolute Gasteiger partial charge is 0.288 e. The standard InChI is InChI=1S/C13H8BrF2NO/c1-7-2-3-10(15)11(12(7)16)13(18)8-4-9(14)6-17-5-8/h2-6H,1H3. The van der Waals surface area contributed by atoms with Gasteiger partial charge >= 0.3 is 0 Å². The van der Waals surface area contributed by atoms with Crippen molar-refractivity contribution in [3.05, 3.63) is 63.4 Å². The summed E-state index contributed by atoms with van der Waals surface area (Å²) in [5.41, 5.74) is -0.189. The summed E-state index contributed by atoms with van der Waals surface area (Å²) < 4.78 is 28.0. The molecule has 0 N–H and O–H groups in total. The third-order valence-corrected chi connectivity index (χ3v) is 2.91. The van der Waals surface area contributed by atoms with E-state index in [4.69, 9.17) is 0 Å². The van der Waals surface area contributed by atoms with Crippen LogP contribution in [0.5, 0.6) is 0 Å². The molecule has 0 amide bonds. The van der Waals surface area contributed by atoms with E-state index in [2.05, 4.69) is 20.9 Å². The summed E-state index contributed by atoms with van der Waals surface area (Å²) in [6.07, 6.45) is 2.76. The molecule has 0 unspecified atom stereocenters. The number of nitrogens with zero attached hydrogens (tertiary/aromatic N) is 1. The first-order valence-corrected chi connectivity index (χ1v) is 5.90. The molecule has 0 aliphatic rings. The molecule has 18 heavy (non-hydrogen) atoms. The summed E-state index contributed by atoms with van der Waals surface area (Å²) in [6, 6.07) is 3.84. The number of carbonyl (C=O) groups excluding carboxylic acids is 1. The van der Waals surface area contributed by atoms with Crippen LogP contribution in [-0.2, 0) is 0 Å². The van der Waals surface area contributed by atoms with E-state index in [0.717, 1.165) is 6.07 Å². The van der Waals surface area contributed by atoms with Gasteiger partial charge in [-0.25, -0.2) is 8.78 Å². The van der Waals surface area contributed by atoms with Gasteiger partial charge < -0.3 is 0 Å². The first kappa shape index (κ1) is 12.8. The third kappa shape index (κ3) is 2.31. The average molecular weight is 312 g/mol. The summed E-state index contributed by atoms with van der Waals surface area (Å²) in [5, 5.41) is 0. The SMILES string of the molecule is Cc1ccc(F)c(C(=O)c2cncc(Br)c2)c1F. The number of carbonyl (C=O) groups is 1. The lowest BCUT2D eigenvalue weighted by Gasteiger charge is -2.06. The van der Waals surface area contributed by atoms with Gasteiger partial charge in [0.25, 0.3) is 0 Å². The lowest BCUT2D eigenvalue weighted by atomic mass is 10.0. The van der Waals surface area contributed by atoms with Gasteiger partial charge in [0.05, 0.1) is 5.56 Å². The molecule has 2 rings (SSSR count). The summed E-state index contributed by atoms with van der Waals surface area (Å²) >= 11 is 3.15. The number of rotatable bonds is 2. The number of aryl methyl sites for hydroxylation is 1. The Morgan fingerprint density at radius 1 is 1.28 bits per heavy atom. The molecule has 1 heterocycles. The van der Waals surface area contributed by atoms with Gasteiger partial charge in [-0.3, -0.25) is 9.78 Å². The predicted molar refractivity (Wildman–Crippen MR) is 66.5 cm³/mol. The zero-order valence-corrected chi connectivity index (χ0v) is 11.0. The molecule has 0 fully saturated rings. The second-order valence-corrected chi connectivity index (χ2v) is 4.69. The minimum absolute atomic E-state index is 0.132. The Morgan fingerprint density at radius 2 is 2.00 bits per heavy atom. The molecule has 92 valence electrons. The van der Waals surface area contributed by atoms with Crippen LogP contribution < -0.4 is 0 Å². The van der Waals surface area contributed by atoms with Crippen LogP contribution >= 0.6 is 15.9 Å². The van der Waals surface area contributed by atoms with E-state index in [-0.39, 0.29) is 11.1 Å². The van der Waals surface area contributed by atoms with Gasteiger partial charge in [-0.05, 0) is 40.5 Å². The van der Waals surface area contributed by atoms with Gasteiger partial charge in [-0.1, -0.05) is 6.07 Å². The monoisotopic (exact) mass is 311 g/mol. The average Bonchev–Trinajstić information content (AvgIpc) is 2.34. The van der Waals surface area contributed by atoms with Crippen molar-refractivity contribution < 1.29 is 13.6 Å². The van der Waals surface area contributed by atoms with Crippen LogP contribution in [0.15, 0.2) is 35.1 Å². The van der Waals surface area contributed by atoms with E-state index >= 15 is 0 Å². The molecule has 0 aliphatic heterocycles. The quantitative estimate of drug-likeness (QED) is 0.792. The number of aromatic nitrogens is 1. The Bertz CT molecular complexity index is 628. The second kappa shape index (κ2) is 4.94. The highest BCUT2D eigenvalue weighted by atomic mass is 79.9. The van der Waals surface area contributed by atoms with E-state index in [1.165, 1.54) is 31.5 Å². The zero-order valence-electron chi connectivity index (χ0n) is 9.38. The fourth-order valence-electron chi connectivity index (χ4n) is 1.55. The first-order valence-electron chi connectivity index (χ1n) is 5.10. The maximum Gasteiger partial charge on any atom is 0.200 e. The fraction of sp³-hybridized carbons (Fsp3) is 0.0769. The third-order valence-electron chi connectivity index (χ3n) is 2.48. The van der Waals surface area contributed by atoms with Crippen molar-refractivity contribution in [1.29, 1.82) is 0 Å². The van der Waals surface area contributed by atoms with Crippen LogP contribution in [0.25, 0.3) is 0 Å². The van der Waals surface area contributed by atoms with Gasteiger partial charge in [0.15, 0.2) is 0 Å². The number of ketones is 1. The molecule has 1 aromatic heterocycles. The van der Waals surface area contributed by atoms with E-state index in [1.807, 2.05) is 0 Å². The number of halogens is 3. The lowest BCUT2D eigenvalue weighted by molar-refractivity contribution is 0.103. The molecular formula is C13H8BrF2NO. The summed E-state index contributed by atoms with van der Waals surface area (Å²) in [5.74, 6) is -2.43. The molecule has 0 bridgehead atoms. The van der Waals surface area contributed by atoms with Gasteiger partial charge in [0.2, 0.25) is 5.78 Å². The van der Waals surface area contributed by atoms with Crippen molar-refractivity contribution in [3.8, 4) is 0 Å². The molecule has 2 nitrogen and oxygen atoms in total. The van der Waals surface area contributed by atoms with Crippen molar-refractivity contribution in [3.63, 3.8) is 0 Å². The van der Waals surface area contributed by atoms with Gasteiger partial charge in [-0.2, -0.15) is 0 Å². The lowest BCUT2D eigenvalue weighted by Crippen LogP contribution is -2.09. The molecule has 0 radical (unpaired) electrons. The van der Waals surface area contributed by atoms with Crippen molar-refractivity contribution in [2.24, 2.45) is 0 Å². The highest BCUT2D eigenvalue weighted by molar-refractivity contribution is 9.10. The number of hydrogen-bond donors (Lipinski definition) is 0. The Labute approximate surface area is 111 Å². The van der Waals surface area contributed by atoms with Crippen molar-refractivity contribution in [2.75, 3.05) is 0 Å². The van der Waals surface area contributed by atoms with E-state index in [1.54, 1.807) is 0 Å². The molecule has 2 aromatic rings. The van der Waals surface area contributed by atoms with Crippen LogP contribution in [0.1, 0.15) is 21.5 Å². The number of benzene rings is 1. The van der Waals surface area contributed by atoms with Crippen molar-refractivity contribution in [2.45, 2.75) is 6.92 Å². The topological polar surface area (TPSA) is 30.0 Å². The molecule has 0 atom stereocenters. The highest BCUT2D eigenvalue weighted by Crippen LogP contribution is 2.21. The highest BCUT2D eigenvalue weighted by Gasteiger charge is 2.20. The van der Waals surface area contributed by atoms with Gasteiger partial charge in [-0.15, -0.1) is 0 Å². The summed E-state index contributed by atoms with van der Waals surface area (Å²) in [4.78, 5) is 15.9. The van der Waals surface area contributed by atoms with Crippen molar-refractivity contribution >= 4 is 21.7 Å². The molecule has 0 spiro atoms. The van der Waals surface area contributed by atoms with Crippen LogP contribution in [0, 0.1) is 18.6 Å². The van der Waals surface area contributed by atoms with Crippen LogP contribution in [0.2, 0.25) is 0 Å². The van der Waals surface area contributed by atoms with Crippen molar-refractivity contribution in [1.82, 2.24) is 4.98 Å². The van der Waals surface area contributed by atoms with Gasteiger partial charge in [0.1, 0.15) is 11.6 Å². The molecule has 0 saturated heterocycles. The Balaban J connectivity index is 2.56. The predicted octanol–water partition coefficient (Wildman–Crippen LogP) is 3.66. The molecular weight excluding hydrogens is 304 g/mol. The Hall–Kier alpha value is -1.62. The van der Waals surface area contributed by atoms with E-state index in [0.29, 0.717) is 4.47 Å². The Morgan fingerprint density at radius 3 is 2.67 bits per heavy atom. The minimum atomic E-state index is -0.872. The van der Waals surface area contributed by atoms with E-state index in [9.17, 15) is 13.6 Å². The summed E-state index contributed by atoms with van der Waals surface area (Å²) in [6.45, 7) is 1.48. The van der Waals surface area contributed by atoms with E-state index < -0.39 is 23.0 Å². The molecule has 0 aliphatic carbocycles. The number of pyridine rings is 1. The summed E-state index contributed by atoms with van der Waals surface area (Å²) in [7, 11) is 0. The fourth-order valence-corrected chi connectivity index (χ4v) is 1.91. The molecule has 5 heteroatoms. The second-order valence-electron chi connectivity index (χ2n) is 3.77. The maximum atomic E-state index is 13.8. The van der Waals surface area contributed by atoms with Gasteiger partial charge in [0, 0.05) is 22.4 Å².